The van der Waals surface area contributed by atoms with Crippen molar-refractivity contribution in [2.45, 2.75) is 19.4 Å². The van der Waals surface area contributed by atoms with E-state index in [0.717, 1.165) is 0 Å². The molecule has 138 valence electrons. The molecule has 1 N–H and O–H groups in total. The first-order chi connectivity index (χ1) is 12.5. The third-order valence-electron chi connectivity index (χ3n) is 5.50. The number of rotatable bonds is 4. The van der Waals surface area contributed by atoms with Crippen LogP contribution in [0.25, 0.3) is 10.2 Å². The van der Waals surface area contributed by atoms with Crippen LogP contribution in [0.5, 0.6) is 0 Å². The molecule has 0 aromatic carbocycles. The Bertz CT molecular complexity index is 923. The number of aromatic nitrogens is 2. The van der Waals surface area contributed by atoms with Crippen molar-refractivity contribution in [3.05, 3.63) is 28.1 Å². The van der Waals surface area contributed by atoms with Gasteiger partial charge in [0.1, 0.15) is 4.83 Å². The van der Waals surface area contributed by atoms with Gasteiger partial charge < -0.3 is 14.7 Å². The van der Waals surface area contributed by atoms with Gasteiger partial charge >= 0.3 is 5.97 Å². The predicted octanol–water partition coefficient (Wildman–Crippen LogP) is 0.798. The maximum atomic E-state index is 12.6. The molecule has 2 aliphatic rings. The maximum absolute atomic E-state index is 12.6. The summed E-state index contributed by atoms with van der Waals surface area (Å²) in [7, 11) is 0. The molecule has 2 aromatic rings. The number of hydrogen-bond donors (Lipinski definition) is 1. The number of carbonyl (C=O) groups excluding carboxylic acids is 1. The number of aliphatic carboxylic acids is 1. The molecule has 4 rings (SSSR count). The molecule has 26 heavy (non-hydrogen) atoms. The lowest BCUT2D eigenvalue weighted by Gasteiger charge is -2.33. The number of thiophene rings is 1. The Morgan fingerprint density at radius 2 is 2.31 bits per heavy atom. The van der Waals surface area contributed by atoms with E-state index >= 15 is 0 Å². The average Bonchev–Trinajstić information content (AvgIpc) is 3.26. The van der Waals surface area contributed by atoms with Gasteiger partial charge in [-0.25, -0.2) is 4.98 Å². The highest BCUT2D eigenvalue weighted by Gasteiger charge is 2.54. The zero-order chi connectivity index (χ0) is 18.3. The Kier molecular flexibility index (Phi) is 4.28. The van der Waals surface area contributed by atoms with Gasteiger partial charge in [0.15, 0.2) is 0 Å². The van der Waals surface area contributed by atoms with E-state index in [-0.39, 0.29) is 36.9 Å². The maximum Gasteiger partial charge on any atom is 0.311 e. The van der Waals surface area contributed by atoms with E-state index in [0.29, 0.717) is 36.4 Å². The minimum atomic E-state index is -0.901. The van der Waals surface area contributed by atoms with E-state index in [1.165, 1.54) is 22.2 Å². The van der Waals surface area contributed by atoms with E-state index in [2.05, 4.69) is 4.98 Å². The van der Waals surface area contributed by atoms with E-state index in [1.54, 1.807) is 11.0 Å². The summed E-state index contributed by atoms with van der Waals surface area (Å²) in [5.74, 6) is -1.17. The number of nitrogens with zero attached hydrogens (tertiary/aromatic N) is 3. The van der Waals surface area contributed by atoms with Gasteiger partial charge in [0.25, 0.3) is 5.56 Å². The van der Waals surface area contributed by atoms with Gasteiger partial charge in [0.05, 0.1) is 23.7 Å². The van der Waals surface area contributed by atoms with E-state index in [9.17, 15) is 19.5 Å². The standard InChI is InChI=1S/C17H19N3O5S/c21-13(1-4-19-10-18-14-12(15(19)22)2-6-26-14)20-7-11-8-25-5-3-17(11,9-20)16(23)24/h2,6,10-11H,1,3-5,7-9H2,(H,23,24)/t11-,17+/m0/s1. The van der Waals surface area contributed by atoms with Crippen LogP contribution in [-0.4, -0.2) is 57.7 Å². The number of fused-ring (bicyclic) bond motifs is 2. The highest BCUT2D eigenvalue weighted by Crippen LogP contribution is 2.42. The molecule has 0 aliphatic carbocycles. The Morgan fingerprint density at radius 3 is 3.08 bits per heavy atom. The van der Waals surface area contributed by atoms with E-state index in [1.807, 2.05) is 5.38 Å². The van der Waals surface area contributed by atoms with Crippen LogP contribution < -0.4 is 5.56 Å². The van der Waals surface area contributed by atoms with Crippen molar-refractivity contribution in [3.63, 3.8) is 0 Å². The number of likely N-dealkylation sites (tertiary alicyclic amines) is 1. The van der Waals surface area contributed by atoms with Crippen LogP contribution in [0.15, 0.2) is 22.6 Å². The van der Waals surface area contributed by atoms with Crippen LogP contribution >= 0.6 is 11.3 Å². The van der Waals surface area contributed by atoms with Crippen molar-refractivity contribution in [1.82, 2.24) is 14.5 Å². The van der Waals surface area contributed by atoms with Crippen molar-refractivity contribution in [2.24, 2.45) is 11.3 Å². The molecule has 0 spiro atoms. The van der Waals surface area contributed by atoms with Gasteiger partial charge in [-0.1, -0.05) is 0 Å². The molecule has 8 nitrogen and oxygen atoms in total. The number of ether oxygens (including phenoxy) is 1. The van der Waals surface area contributed by atoms with Gasteiger partial charge in [0.2, 0.25) is 5.91 Å². The normalized spacial score (nSPS) is 25.4. The Hall–Kier alpha value is -2.26. The molecule has 2 fully saturated rings. The molecule has 4 heterocycles. The summed E-state index contributed by atoms with van der Waals surface area (Å²) in [5, 5.41) is 12.0. The summed E-state index contributed by atoms with van der Waals surface area (Å²) < 4.78 is 6.85. The largest absolute Gasteiger partial charge is 0.481 e. The second-order valence-electron chi connectivity index (χ2n) is 6.89. The number of hydrogen-bond acceptors (Lipinski definition) is 6. The molecule has 0 unspecified atom stereocenters. The average molecular weight is 377 g/mol. The van der Waals surface area contributed by atoms with Crippen LogP contribution in [0, 0.1) is 11.3 Å². The van der Waals surface area contributed by atoms with E-state index in [4.69, 9.17) is 4.74 Å². The van der Waals surface area contributed by atoms with Crippen molar-refractivity contribution in [3.8, 4) is 0 Å². The fourth-order valence-corrected chi connectivity index (χ4v) is 4.64. The van der Waals surface area contributed by atoms with Crippen LogP contribution in [0.1, 0.15) is 12.8 Å². The highest BCUT2D eigenvalue weighted by atomic mass is 32.1. The summed E-state index contributed by atoms with van der Waals surface area (Å²) in [6.45, 7) is 1.61. The van der Waals surface area contributed by atoms with Gasteiger partial charge in [-0.15, -0.1) is 11.3 Å². The minimum absolute atomic E-state index is 0.139. The fourth-order valence-electron chi connectivity index (χ4n) is 3.92. The fraction of sp³-hybridized carbons (Fsp3) is 0.529. The molecule has 2 atom stereocenters. The number of carbonyl (C=O) groups is 2. The lowest BCUT2D eigenvalue weighted by Crippen LogP contribution is -2.45. The van der Waals surface area contributed by atoms with Gasteiger partial charge in [-0.3, -0.25) is 19.0 Å². The zero-order valence-electron chi connectivity index (χ0n) is 14.1. The van der Waals surface area contributed by atoms with Crippen molar-refractivity contribution in [1.29, 1.82) is 0 Å². The first-order valence-electron chi connectivity index (χ1n) is 8.53. The summed E-state index contributed by atoms with van der Waals surface area (Å²) in [6.07, 6.45) is 2.03. The second-order valence-corrected chi connectivity index (χ2v) is 7.78. The molecule has 0 radical (unpaired) electrons. The lowest BCUT2D eigenvalue weighted by atomic mass is 9.74. The minimum Gasteiger partial charge on any atom is -0.481 e. The quantitative estimate of drug-likeness (QED) is 0.846. The summed E-state index contributed by atoms with van der Waals surface area (Å²) in [5.41, 5.74) is -1.06. The molecule has 2 saturated heterocycles. The van der Waals surface area contributed by atoms with Crippen LogP contribution in [0.2, 0.25) is 0 Å². The first kappa shape index (κ1) is 17.2. The summed E-state index contributed by atoms with van der Waals surface area (Å²) in [4.78, 5) is 43.3. The van der Waals surface area contributed by atoms with Gasteiger partial charge in [-0.2, -0.15) is 0 Å². The Balaban J connectivity index is 1.46. The molecule has 2 aliphatic heterocycles. The van der Waals surface area contributed by atoms with E-state index < -0.39 is 11.4 Å². The Labute approximate surface area is 153 Å². The van der Waals surface area contributed by atoms with Crippen LogP contribution in [0.4, 0.5) is 0 Å². The first-order valence-corrected chi connectivity index (χ1v) is 9.41. The van der Waals surface area contributed by atoms with Gasteiger partial charge in [0, 0.05) is 38.6 Å². The smallest absolute Gasteiger partial charge is 0.311 e. The monoisotopic (exact) mass is 377 g/mol. The molecule has 1 amide bonds. The molecular weight excluding hydrogens is 358 g/mol. The number of carboxylic acid groups (broad SMARTS) is 1. The molecular formula is C17H19N3O5S. The second kappa shape index (κ2) is 6.48. The number of aryl methyl sites for hydroxylation is 1. The van der Waals surface area contributed by atoms with Gasteiger partial charge in [-0.05, 0) is 17.9 Å². The van der Waals surface area contributed by atoms with Crippen molar-refractivity contribution >= 4 is 33.4 Å². The third-order valence-corrected chi connectivity index (χ3v) is 6.32. The molecule has 9 heteroatoms. The number of carboxylic acids is 1. The van der Waals surface area contributed by atoms with Crippen LogP contribution in [-0.2, 0) is 20.9 Å². The SMILES string of the molecule is O=C(CCn1cnc2sccc2c1=O)N1C[C@H]2COCC[C@@]2(C(=O)O)C1. The molecule has 0 saturated carbocycles. The zero-order valence-corrected chi connectivity index (χ0v) is 14.9. The topological polar surface area (TPSA) is 102 Å². The molecule has 0 bridgehead atoms. The number of amides is 1. The molecule has 2 aromatic heterocycles. The lowest BCUT2D eigenvalue weighted by molar-refractivity contribution is -0.157. The predicted molar refractivity (Wildman–Crippen MR) is 94.1 cm³/mol. The summed E-state index contributed by atoms with van der Waals surface area (Å²) in [6, 6.07) is 1.73. The Morgan fingerprint density at radius 1 is 1.46 bits per heavy atom. The van der Waals surface area contributed by atoms with Crippen molar-refractivity contribution < 1.29 is 19.4 Å². The summed E-state index contributed by atoms with van der Waals surface area (Å²) >= 11 is 1.40. The van der Waals surface area contributed by atoms with Crippen molar-refractivity contribution in [2.75, 3.05) is 26.3 Å². The third kappa shape index (κ3) is 2.71. The highest BCUT2D eigenvalue weighted by molar-refractivity contribution is 7.16. The van der Waals surface area contributed by atoms with Crippen LogP contribution in [0.3, 0.4) is 0 Å².